The number of hydrogen-bond donors (Lipinski definition) is 4. The average Bonchev–Trinajstić information content (AvgIpc) is 4.25. The molecule has 4 fully saturated rings. The van der Waals surface area contributed by atoms with Gasteiger partial charge in [-0.1, -0.05) is 69.5 Å². The zero-order chi connectivity index (χ0) is 48.4. The van der Waals surface area contributed by atoms with Crippen LogP contribution in [0.4, 0.5) is 0 Å². The molecule has 4 N–H and O–H groups in total. The summed E-state index contributed by atoms with van der Waals surface area (Å²) in [6.45, 7) is 11.4. The molecule has 0 spiro atoms. The molecular weight excluding hydrogens is 908 g/mol. The highest BCUT2D eigenvalue weighted by atomic mass is 35.5. The molecule has 0 unspecified atom stereocenters. The van der Waals surface area contributed by atoms with E-state index in [9.17, 15) is 14.7 Å². The molecular formula is C57H69ClN10O3. The van der Waals surface area contributed by atoms with Crippen LogP contribution in [-0.2, 0) is 0 Å². The Morgan fingerprint density at radius 3 is 1.39 bits per heavy atom. The molecule has 1 amide bonds. The molecule has 4 aliphatic rings. The quantitative estimate of drug-likeness (QED) is 0.114. The number of carbonyl (C=O) groups excluding carboxylic acids is 1. The highest BCUT2D eigenvalue weighted by Gasteiger charge is 2.29. The maximum Gasteiger partial charge on any atom is 0.335 e. The number of nitrogens with one attached hydrogen (secondary N) is 3. The fourth-order valence-corrected chi connectivity index (χ4v) is 10.8. The third-order valence-corrected chi connectivity index (χ3v) is 14.7. The fourth-order valence-electron chi connectivity index (χ4n) is 10.8. The van der Waals surface area contributed by atoms with E-state index in [-0.39, 0.29) is 25.7 Å². The lowest BCUT2D eigenvalue weighted by Gasteiger charge is -2.33. The third-order valence-electron chi connectivity index (χ3n) is 14.7. The molecule has 0 radical (unpaired) electrons. The normalized spacial score (nSPS) is 16.3. The van der Waals surface area contributed by atoms with Crippen molar-refractivity contribution in [2.45, 2.75) is 136 Å². The van der Waals surface area contributed by atoms with E-state index in [1.54, 1.807) is 6.07 Å². The molecule has 14 heteroatoms. The number of aromatic nitrogens is 6. The first-order valence-electron chi connectivity index (χ1n) is 24.8. The lowest BCUT2D eigenvalue weighted by Crippen LogP contribution is -2.38. The Balaban J connectivity index is 0.000000190. The summed E-state index contributed by atoms with van der Waals surface area (Å²) in [4.78, 5) is 36.0. The summed E-state index contributed by atoms with van der Waals surface area (Å²) in [5, 5.41) is 44.9. The Bertz CT molecular complexity index is 2810. The predicted molar refractivity (Wildman–Crippen MR) is 281 cm³/mol. The van der Waals surface area contributed by atoms with Crippen molar-refractivity contribution >= 4 is 24.3 Å². The number of carboxylic acid groups (broad SMARTS) is 1. The largest absolute Gasteiger partial charge is 0.478 e. The minimum absolute atomic E-state index is 0. The van der Waals surface area contributed by atoms with Crippen LogP contribution in [0.3, 0.4) is 0 Å². The Morgan fingerprint density at radius 1 is 0.592 bits per heavy atom. The zero-order valence-electron chi connectivity index (χ0n) is 40.9. The van der Waals surface area contributed by atoms with Crippen molar-refractivity contribution in [3.63, 3.8) is 0 Å². The van der Waals surface area contributed by atoms with Crippen LogP contribution in [0.15, 0.2) is 72.8 Å². The molecule has 2 saturated carbocycles. The minimum Gasteiger partial charge on any atom is -0.478 e. The second-order valence-electron chi connectivity index (χ2n) is 19.3. The maximum absolute atomic E-state index is 13.6. The number of aryl methyl sites for hydroxylation is 4. The van der Waals surface area contributed by atoms with Crippen LogP contribution < -0.4 is 5.32 Å². The van der Waals surface area contributed by atoms with Gasteiger partial charge in [0.25, 0.3) is 5.91 Å². The number of carboxylic acids is 1. The van der Waals surface area contributed by atoms with Crippen molar-refractivity contribution in [2.24, 2.45) is 0 Å². The van der Waals surface area contributed by atoms with Crippen molar-refractivity contribution < 1.29 is 14.7 Å². The minimum atomic E-state index is -0.904. The van der Waals surface area contributed by atoms with Crippen molar-refractivity contribution in [1.82, 2.24) is 40.6 Å². The maximum atomic E-state index is 13.6. The van der Waals surface area contributed by atoms with Gasteiger partial charge in [0.05, 0.1) is 28.8 Å². The first kappa shape index (κ1) is 53.7. The van der Waals surface area contributed by atoms with Gasteiger partial charge in [-0.05, 0) is 186 Å². The fraction of sp³-hybridized carbons (Fsp3) is 0.439. The van der Waals surface area contributed by atoms with Crippen LogP contribution in [0.5, 0.6) is 0 Å². The number of likely N-dealkylation sites (tertiary alicyclic amines) is 1. The van der Waals surface area contributed by atoms with E-state index in [1.165, 1.54) is 73.6 Å². The summed E-state index contributed by atoms with van der Waals surface area (Å²) in [5.74, 6) is 4.11. The number of halogens is 1. The molecule has 2 aromatic heterocycles. The zero-order valence-corrected chi connectivity index (χ0v) is 41.7. The molecule has 71 heavy (non-hydrogen) atoms. The van der Waals surface area contributed by atoms with Gasteiger partial charge in [0.15, 0.2) is 11.6 Å². The second-order valence-corrected chi connectivity index (χ2v) is 19.3. The van der Waals surface area contributed by atoms with E-state index in [0.29, 0.717) is 46.4 Å². The molecule has 0 atom stereocenters. The Kier molecular flexibility index (Phi) is 18.9. The van der Waals surface area contributed by atoms with Gasteiger partial charge in [0.1, 0.15) is 11.6 Å². The van der Waals surface area contributed by atoms with Gasteiger partial charge in [0.2, 0.25) is 0 Å². The highest BCUT2D eigenvalue weighted by Crippen LogP contribution is 2.42. The van der Waals surface area contributed by atoms with Crippen LogP contribution in [0, 0.1) is 50.4 Å². The lowest BCUT2D eigenvalue weighted by molar-refractivity contribution is 0.0692. The van der Waals surface area contributed by atoms with E-state index in [4.69, 9.17) is 10.5 Å². The first-order valence-corrected chi connectivity index (χ1v) is 24.8. The monoisotopic (exact) mass is 977 g/mol. The number of nitriles is 2. The smallest absolute Gasteiger partial charge is 0.335 e. The summed E-state index contributed by atoms with van der Waals surface area (Å²) >= 11 is 0. The number of rotatable bonds is 8. The van der Waals surface area contributed by atoms with Crippen molar-refractivity contribution in [3.05, 3.63) is 140 Å². The standard InChI is InChI=1S/C28H31N5O.C16H19N3O2.C12H14N2.CH4.ClH/c1-18-15-25(23-5-3-4-6-23)26(27-30-19(2)31-32-27)16-24(18)28(34)33-13-11-22(12-14-33)21-9-7-20(17-29)8-10-21;1-9-7-13(11-5-3-4-6-11)14(8-12(9)16(20)21)15-17-10(2)18-19-15;13-9-10-1-3-11(4-2-10)12-5-7-14-8-6-12;;/h7-10,15-16,22-23H,3-6,11-14H2,1-2H3,(H,30,31,32);7-8,11H,3-6H2,1-2H3,(H,20,21)(H,17,18,19);1-4,12,14H,5-8H2;1H4;1H. The molecule has 0 bridgehead atoms. The summed E-state index contributed by atoms with van der Waals surface area (Å²) in [6, 6.07) is 28.2. The van der Waals surface area contributed by atoms with Crippen molar-refractivity contribution in [2.75, 3.05) is 26.2 Å². The number of benzene rings is 4. The number of piperidine rings is 2. The molecule has 6 aromatic rings. The Hall–Kier alpha value is -6.67. The summed E-state index contributed by atoms with van der Waals surface area (Å²) in [6.07, 6.45) is 14.0. The molecule has 2 aliphatic heterocycles. The van der Waals surface area contributed by atoms with Crippen molar-refractivity contribution in [3.8, 4) is 34.9 Å². The van der Waals surface area contributed by atoms with Gasteiger partial charge >= 0.3 is 5.97 Å². The number of hydrogen-bond acceptors (Lipinski definition) is 9. The number of carbonyl (C=O) groups is 2. The van der Waals surface area contributed by atoms with Crippen LogP contribution in [0.2, 0.25) is 0 Å². The van der Waals surface area contributed by atoms with Crippen molar-refractivity contribution in [1.29, 1.82) is 10.5 Å². The number of amides is 1. The van der Waals surface area contributed by atoms with Gasteiger partial charge in [-0.15, -0.1) is 12.4 Å². The first-order chi connectivity index (χ1) is 33.5. The van der Waals surface area contributed by atoms with Gasteiger partial charge in [0, 0.05) is 29.8 Å². The average molecular weight is 978 g/mol. The molecule has 4 heterocycles. The van der Waals surface area contributed by atoms with Crippen LogP contribution in [0.1, 0.15) is 185 Å². The predicted octanol–water partition coefficient (Wildman–Crippen LogP) is 12.2. The summed E-state index contributed by atoms with van der Waals surface area (Å²) < 4.78 is 0. The van der Waals surface area contributed by atoms with Gasteiger partial charge < -0.3 is 15.3 Å². The van der Waals surface area contributed by atoms with Gasteiger partial charge in [-0.2, -0.15) is 20.7 Å². The lowest BCUT2D eigenvalue weighted by atomic mass is 9.87. The van der Waals surface area contributed by atoms with E-state index in [1.807, 2.05) is 62.1 Å². The molecule has 372 valence electrons. The summed E-state index contributed by atoms with van der Waals surface area (Å²) in [5.41, 5.74) is 11.3. The SMILES string of the molecule is C.Cc1nc(-c2cc(C(=O)N3CCC(c4ccc(C#N)cc4)CC3)c(C)cc2C2CCCC2)n[nH]1.Cc1nc(-c2cc(C(=O)O)c(C)cc2C2CCCC2)n[nH]1.Cl.N#Cc1ccc(C2CCNCC2)cc1. The Labute approximate surface area is 425 Å². The second kappa shape index (κ2) is 24.9. The van der Waals surface area contributed by atoms with Crippen LogP contribution in [0.25, 0.3) is 22.8 Å². The number of nitrogens with zero attached hydrogens (tertiary/aromatic N) is 7. The number of H-pyrrole nitrogens is 2. The van der Waals surface area contributed by atoms with E-state index in [0.717, 1.165) is 96.9 Å². The van der Waals surface area contributed by atoms with Crippen LogP contribution in [-0.4, -0.2) is 78.4 Å². The van der Waals surface area contributed by atoms with Gasteiger partial charge in [-0.25, -0.2) is 14.8 Å². The topological polar surface area (TPSA) is 200 Å². The van der Waals surface area contributed by atoms with Gasteiger partial charge in [-0.3, -0.25) is 15.0 Å². The van der Waals surface area contributed by atoms with Crippen LogP contribution >= 0.6 is 12.4 Å². The highest BCUT2D eigenvalue weighted by molar-refractivity contribution is 5.97. The molecule has 10 rings (SSSR count). The molecule has 2 aliphatic carbocycles. The molecule has 4 aromatic carbocycles. The molecule has 13 nitrogen and oxygen atoms in total. The van der Waals surface area contributed by atoms with E-state index >= 15 is 0 Å². The third kappa shape index (κ3) is 13.0. The number of aromatic carboxylic acids is 1. The summed E-state index contributed by atoms with van der Waals surface area (Å²) in [7, 11) is 0. The van der Waals surface area contributed by atoms with E-state index in [2.05, 4.69) is 85.1 Å². The molecule has 2 saturated heterocycles. The number of aromatic amines is 2. The Morgan fingerprint density at radius 2 is 1.00 bits per heavy atom. The van der Waals surface area contributed by atoms with E-state index < -0.39 is 5.97 Å².